The number of hydrogen-bond donors (Lipinski definition) is 1. The molecule has 16 heavy (non-hydrogen) atoms. The molecule has 0 saturated heterocycles. The monoisotopic (exact) mass is 307 g/mol. The third kappa shape index (κ3) is 4.81. The summed E-state index contributed by atoms with van der Waals surface area (Å²) >= 11 is 8.98. The standard InChI is InChI=1S/C12H16BrClFN/c1-2-12(3-4-14)16-8-9-5-10(13)7-11(15)6-9/h5-7,12,16H,2-4,8H2,1H3. The van der Waals surface area contributed by atoms with Gasteiger partial charge in [0.2, 0.25) is 0 Å². The lowest BCUT2D eigenvalue weighted by Crippen LogP contribution is -2.28. The van der Waals surface area contributed by atoms with Gasteiger partial charge in [-0.2, -0.15) is 0 Å². The van der Waals surface area contributed by atoms with Gasteiger partial charge in [0, 0.05) is 22.9 Å². The average Bonchev–Trinajstić information content (AvgIpc) is 2.23. The van der Waals surface area contributed by atoms with E-state index in [1.165, 1.54) is 6.07 Å². The molecule has 0 aliphatic carbocycles. The Hall–Kier alpha value is -0.120. The zero-order valence-electron chi connectivity index (χ0n) is 9.27. The number of alkyl halides is 1. The Morgan fingerprint density at radius 3 is 2.75 bits per heavy atom. The Morgan fingerprint density at radius 1 is 1.44 bits per heavy atom. The largest absolute Gasteiger partial charge is 0.310 e. The summed E-state index contributed by atoms with van der Waals surface area (Å²) < 4.78 is 13.9. The Labute approximate surface area is 110 Å². The van der Waals surface area contributed by atoms with Crippen molar-refractivity contribution in [2.45, 2.75) is 32.4 Å². The summed E-state index contributed by atoms with van der Waals surface area (Å²) in [7, 11) is 0. The van der Waals surface area contributed by atoms with E-state index >= 15 is 0 Å². The molecule has 0 spiro atoms. The fourth-order valence-electron chi connectivity index (χ4n) is 1.56. The molecular weight excluding hydrogens is 292 g/mol. The lowest BCUT2D eigenvalue weighted by atomic mass is 10.1. The van der Waals surface area contributed by atoms with Crippen molar-refractivity contribution in [1.82, 2.24) is 5.32 Å². The molecule has 0 bridgehead atoms. The third-order valence-corrected chi connectivity index (χ3v) is 3.14. The zero-order valence-corrected chi connectivity index (χ0v) is 11.6. The number of rotatable bonds is 6. The van der Waals surface area contributed by atoms with Crippen LogP contribution in [0.1, 0.15) is 25.3 Å². The molecule has 0 aromatic heterocycles. The fraction of sp³-hybridized carbons (Fsp3) is 0.500. The van der Waals surface area contributed by atoms with Crippen LogP contribution in [0, 0.1) is 5.82 Å². The van der Waals surface area contributed by atoms with Gasteiger partial charge in [0.05, 0.1) is 0 Å². The summed E-state index contributed by atoms with van der Waals surface area (Å²) in [6, 6.07) is 5.33. The summed E-state index contributed by atoms with van der Waals surface area (Å²) in [6.45, 7) is 2.79. The van der Waals surface area contributed by atoms with E-state index in [2.05, 4.69) is 28.2 Å². The van der Waals surface area contributed by atoms with Gasteiger partial charge in [-0.1, -0.05) is 22.9 Å². The van der Waals surface area contributed by atoms with Crippen molar-refractivity contribution in [3.8, 4) is 0 Å². The van der Waals surface area contributed by atoms with Crippen molar-refractivity contribution in [1.29, 1.82) is 0 Å². The van der Waals surface area contributed by atoms with Crippen LogP contribution in [0.15, 0.2) is 22.7 Å². The lowest BCUT2D eigenvalue weighted by molar-refractivity contribution is 0.485. The molecular formula is C12H16BrClFN. The number of halogens is 3. The first kappa shape index (κ1) is 13.9. The van der Waals surface area contributed by atoms with Crippen molar-refractivity contribution in [3.05, 3.63) is 34.1 Å². The van der Waals surface area contributed by atoms with Crippen molar-refractivity contribution in [2.75, 3.05) is 5.88 Å². The number of benzene rings is 1. The van der Waals surface area contributed by atoms with Crippen LogP contribution >= 0.6 is 27.5 Å². The molecule has 1 aromatic carbocycles. The summed E-state index contributed by atoms with van der Waals surface area (Å²) in [5.41, 5.74) is 0.944. The Kier molecular flexibility index (Phi) is 6.32. The lowest BCUT2D eigenvalue weighted by Gasteiger charge is -2.15. The topological polar surface area (TPSA) is 12.0 Å². The van der Waals surface area contributed by atoms with Crippen LogP contribution in [0.5, 0.6) is 0 Å². The van der Waals surface area contributed by atoms with Gasteiger partial charge in [-0.05, 0) is 36.6 Å². The van der Waals surface area contributed by atoms with E-state index in [0.29, 0.717) is 18.5 Å². The smallest absolute Gasteiger partial charge is 0.124 e. The van der Waals surface area contributed by atoms with Crippen LogP contribution in [-0.2, 0) is 6.54 Å². The van der Waals surface area contributed by atoms with Gasteiger partial charge in [0.1, 0.15) is 5.82 Å². The maximum atomic E-state index is 13.1. The minimum Gasteiger partial charge on any atom is -0.310 e. The number of hydrogen-bond acceptors (Lipinski definition) is 1. The van der Waals surface area contributed by atoms with E-state index < -0.39 is 0 Å². The van der Waals surface area contributed by atoms with E-state index in [0.717, 1.165) is 22.9 Å². The molecule has 1 atom stereocenters. The first-order valence-electron chi connectivity index (χ1n) is 5.40. The Balaban J connectivity index is 2.52. The maximum Gasteiger partial charge on any atom is 0.124 e. The van der Waals surface area contributed by atoms with Gasteiger partial charge in [-0.15, -0.1) is 11.6 Å². The van der Waals surface area contributed by atoms with E-state index in [1.54, 1.807) is 6.07 Å². The molecule has 90 valence electrons. The predicted octanol–water partition coefficient (Wildman–Crippen LogP) is 4.09. The van der Waals surface area contributed by atoms with E-state index in [1.807, 2.05) is 6.07 Å². The van der Waals surface area contributed by atoms with Crippen LogP contribution in [-0.4, -0.2) is 11.9 Å². The Morgan fingerprint density at radius 2 is 2.19 bits per heavy atom. The van der Waals surface area contributed by atoms with Crippen molar-refractivity contribution in [2.24, 2.45) is 0 Å². The van der Waals surface area contributed by atoms with Crippen LogP contribution in [0.2, 0.25) is 0 Å². The first-order chi connectivity index (χ1) is 7.65. The first-order valence-corrected chi connectivity index (χ1v) is 6.72. The van der Waals surface area contributed by atoms with Crippen LogP contribution < -0.4 is 5.32 Å². The third-order valence-electron chi connectivity index (χ3n) is 2.47. The van der Waals surface area contributed by atoms with Gasteiger partial charge in [-0.25, -0.2) is 4.39 Å². The van der Waals surface area contributed by atoms with Crippen LogP contribution in [0.3, 0.4) is 0 Å². The van der Waals surface area contributed by atoms with Gasteiger partial charge in [0.25, 0.3) is 0 Å². The summed E-state index contributed by atoms with van der Waals surface area (Å²) in [4.78, 5) is 0. The van der Waals surface area contributed by atoms with Crippen LogP contribution in [0.4, 0.5) is 4.39 Å². The average molecular weight is 309 g/mol. The highest BCUT2D eigenvalue weighted by molar-refractivity contribution is 9.10. The van der Waals surface area contributed by atoms with Crippen molar-refractivity contribution < 1.29 is 4.39 Å². The zero-order chi connectivity index (χ0) is 12.0. The predicted molar refractivity (Wildman–Crippen MR) is 70.4 cm³/mol. The molecule has 4 heteroatoms. The molecule has 0 fully saturated rings. The van der Waals surface area contributed by atoms with Crippen molar-refractivity contribution in [3.63, 3.8) is 0 Å². The minimum absolute atomic E-state index is 0.212. The highest BCUT2D eigenvalue weighted by atomic mass is 79.9. The quantitative estimate of drug-likeness (QED) is 0.781. The van der Waals surface area contributed by atoms with Gasteiger partial charge >= 0.3 is 0 Å². The molecule has 0 amide bonds. The molecule has 0 heterocycles. The molecule has 1 rings (SSSR count). The molecule has 1 aromatic rings. The Bertz CT molecular complexity index is 313. The van der Waals surface area contributed by atoms with Gasteiger partial charge in [-0.3, -0.25) is 0 Å². The van der Waals surface area contributed by atoms with Crippen LogP contribution in [0.25, 0.3) is 0 Å². The summed E-state index contributed by atoms with van der Waals surface area (Å²) in [5.74, 6) is 0.440. The molecule has 1 N–H and O–H groups in total. The van der Waals surface area contributed by atoms with Gasteiger partial charge < -0.3 is 5.32 Å². The van der Waals surface area contributed by atoms with E-state index in [4.69, 9.17) is 11.6 Å². The second-order valence-corrected chi connectivity index (χ2v) is 5.04. The SMILES string of the molecule is CCC(CCCl)NCc1cc(F)cc(Br)c1. The summed E-state index contributed by atoms with van der Waals surface area (Å²) in [6.07, 6.45) is 1.97. The fourth-order valence-corrected chi connectivity index (χ4v) is 2.33. The highest BCUT2D eigenvalue weighted by Gasteiger charge is 2.05. The normalized spacial score (nSPS) is 12.8. The van der Waals surface area contributed by atoms with Crippen molar-refractivity contribution >= 4 is 27.5 Å². The minimum atomic E-state index is -0.212. The molecule has 0 radical (unpaired) electrons. The second-order valence-electron chi connectivity index (χ2n) is 3.74. The highest BCUT2D eigenvalue weighted by Crippen LogP contribution is 2.15. The second kappa shape index (κ2) is 7.25. The van der Waals surface area contributed by atoms with E-state index in [9.17, 15) is 4.39 Å². The molecule has 1 nitrogen and oxygen atoms in total. The molecule has 0 aliphatic rings. The molecule has 0 saturated carbocycles. The van der Waals surface area contributed by atoms with E-state index in [-0.39, 0.29) is 5.82 Å². The number of nitrogens with one attached hydrogen (secondary N) is 1. The van der Waals surface area contributed by atoms with Gasteiger partial charge in [0.15, 0.2) is 0 Å². The summed E-state index contributed by atoms with van der Waals surface area (Å²) in [5, 5.41) is 3.37. The maximum absolute atomic E-state index is 13.1. The molecule has 0 aliphatic heterocycles. The molecule has 1 unspecified atom stereocenters.